The molecule has 0 aliphatic heterocycles. The molecule has 1 aromatic heterocycles. The van der Waals surface area contributed by atoms with Gasteiger partial charge in [-0.1, -0.05) is 30.9 Å². The fraction of sp³-hybridized carbons (Fsp3) is 0.533. The van der Waals surface area contributed by atoms with E-state index in [9.17, 15) is 14.9 Å². The van der Waals surface area contributed by atoms with Crippen molar-refractivity contribution in [3.63, 3.8) is 0 Å². The van der Waals surface area contributed by atoms with Crippen molar-refractivity contribution in [1.29, 1.82) is 5.26 Å². The van der Waals surface area contributed by atoms with E-state index < -0.39 is 23.5 Å². The monoisotopic (exact) mass is 340 g/mol. The SMILES string of the molecule is C[C@@H](OC(=O)c1ccc(Cl)s1)C(=O)NC1(C#N)CCCCC1. The van der Waals surface area contributed by atoms with E-state index in [4.69, 9.17) is 16.3 Å². The molecule has 2 rings (SSSR count). The first-order valence-corrected chi connectivity index (χ1v) is 8.35. The van der Waals surface area contributed by atoms with E-state index in [0.29, 0.717) is 22.1 Å². The van der Waals surface area contributed by atoms with Gasteiger partial charge in [0.15, 0.2) is 6.10 Å². The minimum absolute atomic E-state index is 0.345. The van der Waals surface area contributed by atoms with Crippen molar-refractivity contribution in [2.24, 2.45) is 0 Å². The van der Waals surface area contributed by atoms with Crippen molar-refractivity contribution in [2.45, 2.75) is 50.7 Å². The molecule has 118 valence electrons. The maximum Gasteiger partial charge on any atom is 0.349 e. The highest BCUT2D eigenvalue weighted by atomic mass is 35.5. The molecule has 1 aliphatic carbocycles. The fourth-order valence-corrected chi connectivity index (χ4v) is 3.38. The lowest BCUT2D eigenvalue weighted by Crippen LogP contribution is -2.52. The van der Waals surface area contributed by atoms with Crippen LogP contribution in [0.5, 0.6) is 0 Å². The third-order valence-electron chi connectivity index (χ3n) is 3.71. The van der Waals surface area contributed by atoms with Crippen molar-refractivity contribution < 1.29 is 14.3 Å². The average molecular weight is 341 g/mol. The number of nitriles is 1. The van der Waals surface area contributed by atoms with Crippen LogP contribution >= 0.6 is 22.9 Å². The number of hydrogen-bond acceptors (Lipinski definition) is 5. The van der Waals surface area contributed by atoms with Crippen LogP contribution in [0.2, 0.25) is 4.34 Å². The van der Waals surface area contributed by atoms with Gasteiger partial charge in [0, 0.05) is 0 Å². The summed E-state index contributed by atoms with van der Waals surface area (Å²) < 4.78 is 5.62. The molecule has 7 heteroatoms. The van der Waals surface area contributed by atoms with Crippen LogP contribution in [-0.4, -0.2) is 23.5 Å². The second-order valence-corrected chi connectivity index (χ2v) is 7.11. The van der Waals surface area contributed by atoms with E-state index in [1.165, 1.54) is 6.92 Å². The zero-order valence-electron chi connectivity index (χ0n) is 12.2. The summed E-state index contributed by atoms with van der Waals surface area (Å²) in [4.78, 5) is 24.4. The van der Waals surface area contributed by atoms with Crippen LogP contribution in [0.1, 0.15) is 48.7 Å². The van der Waals surface area contributed by atoms with Gasteiger partial charge in [0.25, 0.3) is 5.91 Å². The molecule has 1 heterocycles. The van der Waals surface area contributed by atoms with Gasteiger partial charge in [-0.05, 0) is 31.9 Å². The second kappa shape index (κ2) is 7.12. The predicted octanol–water partition coefficient (Wildman–Crippen LogP) is 3.29. The van der Waals surface area contributed by atoms with Crippen LogP contribution in [-0.2, 0) is 9.53 Å². The Morgan fingerprint density at radius 3 is 2.64 bits per heavy atom. The molecule has 0 unspecified atom stereocenters. The van der Waals surface area contributed by atoms with Crippen molar-refractivity contribution in [3.05, 3.63) is 21.3 Å². The molecule has 0 spiro atoms. The van der Waals surface area contributed by atoms with Gasteiger partial charge >= 0.3 is 5.97 Å². The maximum absolute atomic E-state index is 12.2. The number of nitrogens with one attached hydrogen (secondary N) is 1. The van der Waals surface area contributed by atoms with Crippen LogP contribution in [0.3, 0.4) is 0 Å². The molecule has 1 N–H and O–H groups in total. The second-order valence-electron chi connectivity index (χ2n) is 5.40. The van der Waals surface area contributed by atoms with E-state index >= 15 is 0 Å². The molecule has 5 nitrogen and oxygen atoms in total. The van der Waals surface area contributed by atoms with Crippen molar-refractivity contribution in [2.75, 3.05) is 0 Å². The van der Waals surface area contributed by atoms with E-state index in [1.54, 1.807) is 12.1 Å². The summed E-state index contributed by atoms with van der Waals surface area (Å²) in [7, 11) is 0. The molecule has 1 aromatic rings. The van der Waals surface area contributed by atoms with Gasteiger partial charge in [0.05, 0.1) is 10.4 Å². The highest BCUT2D eigenvalue weighted by molar-refractivity contribution is 7.17. The Bertz CT molecular complexity index is 602. The molecule has 0 bridgehead atoms. The average Bonchev–Trinajstić information content (AvgIpc) is 2.94. The van der Waals surface area contributed by atoms with Crippen molar-refractivity contribution >= 4 is 34.8 Å². The highest BCUT2D eigenvalue weighted by Crippen LogP contribution is 2.28. The Labute approximate surface area is 138 Å². The van der Waals surface area contributed by atoms with Gasteiger partial charge in [0.1, 0.15) is 10.4 Å². The minimum atomic E-state index is -0.958. The first-order valence-electron chi connectivity index (χ1n) is 7.15. The highest BCUT2D eigenvalue weighted by Gasteiger charge is 2.35. The Balaban J connectivity index is 1.94. The number of esters is 1. The Hall–Kier alpha value is -1.58. The molecule has 1 saturated carbocycles. The maximum atomic E-state index is 12.2. The summed E-state index contributed by atoms with van der Waals surface area (Å²) in [6, 6.07) is 5.35. The van der Waals surface area contributed by atoms with Gasteiger partial charge < -0.3 is 10.1 Å². The minimum Gasteiger partial charge on any atom is -0.448 e. The van der Waals surface area contributed by atoms with E-state index in [1.807, 2.05) is 0 Å². The summed E-state index contributed by atoms with van der Waals surface area (Å²) in [5.74, 6) is -1.03. The van der Waals surface area contributed by atoms with Gasteiger partial charge in [-0.3, -0.25) is 4.79 Å². The van der Waals surface area contributed by atoms with Gasteiger partial charge in [-0.2, -0.15) is 5.26 Å². The smallest absolute Gasteiger partial charge is 0.349 e. The number of amides is 1. The number of thiophene rings is 1. The van der Waals surface area contributed by atoms with Crippen LogP contribution < -0.4 is 5.32 Å². The fourth-order valence-electron chi connectivity index (χ4n) is 2.45. The standard InChI is InChI=1S/C15H17ClN2O3S/c1-10(21-14(20)11-5-6-12(16)22-11)13(19)18-15(9-17)7-3-2-4-8-15/h5-6,10H,2-4,7-8H2,1H3,(H,18,19)/t10-/m1/s1. The Morgan fingerprint density at radius 2 is 2.09 bits per heavy atom. The normalized spacial score (nSPS) is 18.0. The number of rotatable bonds is 4. The van der Waals surface area contributed by atoms with Crippen molar-refractivity contribution in [3.8, 4) is 6.07 Å². The lowest BCUT2D eigenvalue weighted by Gasteiger charge is -2.32. The summed E-state index contributed by atoms with van der Waals surface area (Å²) in [6.07, 6.45) is 3.21. The van der Waals surface area contributed by atoms with Crippen LogP contribution in [0.25, 0.3) is 0 Å². The molecule has 0 radical (unpaired) electrons. The lowest BCUT2D eigenvalue weighted by molar-refractivity contribution is -0.130. The van der Waals surface area contributed by atoms with E-state index in [0.717, 1.165) is 30.6 Å². The number of hydrogen-bond donors (Lipinski definition) is 1. The molecule has 1 amide bonds. The number of ether oxygens (including phenoxy) is 1. The third kappa shape index (κ3) is 3.99. The van der Waals surface area contributed by atoms with Gasteiger partial charge in [-0.25, -0.2) is 4.79 Å². The molecular formula is C15H17ClN2O3S. The molecule has 22 heavy (non-hydrogen) atoms. The summed E-state index contributed by atoms with van der Waals surface area (Å²) >= 11 is 6.86. The number of carbonyl (C=O) groups excluding carboxylic acids is 2. The first kappa shape index (κ1) is 16.8. The molecule has 1 fully saturated rings. The largest absolute Gasteiger partial charge is 0.448 e. The van der Waals surface area contributed by atoms with Gasteiger partial charge in [-0.15, -0.1) is 11.3 Å². The molecular weight excluding hydrogens is 324 g/mol. The molecule has 0 aromatic carbocycles. The summed E-state index contributed by atoms with van der Waals surface area (Å²) in [6.45, 7) is 1.50. The third-order valence-corrected chi connectivity index (χ3v) is 4.92. The van der Waals surface area contributed by atoms with Crippen molar-refractivity contribution in [1.82, 2.24) is 5.32 Å². The number of halogens is 1. The lowest BCUT2D eigenvalue weighted by atomic mass is 9.83. The van der Waals surface area contributed by atoms with E-state index in [2.05, 4.69) is 11.4 Å². The summed E-state index contributed by atoms with van der Waals surface area (Å²) in [5.41, 5.74) is -0.831. The van der Waals surface area contributed by atoms with E-state index in [-0.39, 0.29) is 0 Å². The number of carbonyl (C=O) groups is 2. The quantitative estimate of drug-likeness (QED) is 0.853. The van der Waals surface area contributed by atoms with Gasteiger partial charge in [0.2, 0.25) is 0 Å². The number of nitrogens with zero attached hydrogens (tertiary/aromatic N) is 1. The van der Waals surface area contributed by atoms with Crippen LogP contribution in [0.4, 0.5) is 0 Å². The molecule has 1 atom stereocenters. The topological polar surface area (TPSA) is 79.2 Å². The van der Waals surface area contributed by atoms with Crippen LogP contribution in [0, 0.1) is 11.3 Å². The Morgan fingerprint density at radius 1 is 1.41 bits per heavy atom. The predicted molar refractivity (Wildman–Crippen MR) is 83.8 cm³/mol. The Kier molecular flexibility index (Phi) is 5.43. The molecule has 0 saturated heterocycles. The first-order chi connectivity index (χ1) is 10.5. The molecule has 1 aliphatic rings. The summed E-state index contributed by atoms with van der Waals surface area (Å²) in [5, 5.41) is 12.1. The van der Waals surface area contributed by atoms with Crippen LogP contribution in [0.15, 0.2) is 12.1 Å². The zero-order valence-corrected chi connectivity index (χ0v) is 13.8. The zero-order chi connectivity index (χ0) is 16.2.